The first-order valence-electron chi connectivity index (χ1n) is 5.23. The van der Waals surface area contributed by atoms with Gasteiger partial charge in [-0.05, 0) is 17.7 Å². The van der Waals surface area contributed by atoms with E-state index >= 15 is 0 Å². The first-order chi connectivity index (χ1) is 8.22. The van der Waals surface area contributed by atoms with E-state index in [1.165, 1.54) is 0 Å². The largest absolute Gasteiger partial charge is 0.482 e. The average molecular weight is 234 g/mol. The zero-order valence-corrected chi connectivity index (χ0v) is 8.86. The summed E-state index contributed by atoms with van der Waals surface area (Å²) in [4.78, 5) is 22.1. The molecule has 2 heterocycles. The highest BCUT2D eigenvalue weighted by Gasteiger charge is 2.26. The van der Waals surface area contributed by atoms with Crippen LogP contribution in [-0.2, 0) is 9.53 Å². The molecule has 0 bridgehead atoms. The van der Waals surface area contributed by atoms with Gasteiger partial charge in [0.05, 0.1) is 12.2 Å². The molecule has 0 spiro atoms. The lowest BCUT2D eigenvalue weighted by molar-refractivity contribution is -0.118. The van der Waals surface area contributed by atoms with Crippen LogP contribution < -0.4 is 15.4 Å². The monoisotopic (exact) mass is 234 g/mol. The van der Waals surface area contributed by atoms with Crippen molar-refractivity contribution in [1.82, 2.24) is 5.32 Å². The van der Waals surface area contributed by atoms with Crippen molar-refractivity contribution in [2.24, 2.45) is 0 Å². The van der Waals surface area contributed by atoms with E-state index in [2.05, 4.69) is 10.6 Å². The van der Waals surface area contributed by atoms with E-state index in [0.717, 1.165) is 5.56 Å². The summed E-state index contributed by atoms with van der Waals surface area (Å²) in [5.74, 6) is 0.446. The van der Waals surface area contributed by atoms with Crippen molar-refractivity contribution in [3.63, 3.8) is 0 Å². The van der Waals surface area contributed by atoms with Gasteiger partial charge in [-0.2, -0.15) is 0 Å². The Labute approximate surface area is 96.9 Å². The van der Waals surface area contributed by atoms with Crippen molar-refractivity contribution in [3.05, 3.63) is 23.8 Å². The number of fused-ring (bicyclic) bond motifs is 1. The fourth-order valence-corrected chi connectivity index (χ4v) is 1.88. The molecule has 2 amide bonds. The van der Waals surface area contributed by atoms with Crippen LogP contribution in [0.25, 0.3) is 0 Å². The van der Waals surface area contributed by atoms with E-state index in [1.807, 2.05) is 6.07 Å². The van der Waals surface area contributed by atoms with Gasteiger partial charge in [-0.1, -0.05) is 6.07 Å². The summed E-state index contributed by atoms with van der Waals surface area (Å²) in [7, 11) is 0. The summed E-state index contributed by atoms with van der Waals surface area (Å²) < 4.78 is 10.3. The van der Waals surface area contributed by atoms with Crippen molar-refractivity contribution in [3.8, 4) is 5.75 Å². The highest BCUT2D eigenvalue weighted by atomic mass is 16.6. The van der Waals surface area contributed by atoms with E-state index in [1.54, 1.807) is 12.1 Å². The number of hydrogen-bond donors (Lipinski definition) is 2. The number of nitrogens with one attached hydrogen (secondary N) is 2. The molecular formula is C11H10N2O4. The summed E-state index contributed by atoms with van der Waals surface area (Å²) in [6.07, 6.45) is -0.736. The molecule has 1 atom stereocenters. The molecule has 3 rings (SSSR count). The molecule has 2 aliphatic heterocycles. The van der Waals surface area contributed by atoms with Crippen LogP contribution in [0.5, 0.6) is 5.75 Å². The third-order valence-corrected chi connectivity index (χ3v) is 2.69. The topological polar surface area (TPSA) is 76.7 Å². The van der Waals surface area contributed by atoms with Gasteiger partial charge in [-0.25, -0.2) is 4.79 Å². The minimum Gasteiger partial charge on any atom is -0.482 e. The molecule has 6 nitrogen and oxygen atoms in total. The molecule has 2 N–H and O–H groups in total. The molecule has 2 aliphatic rings. The molecule has 0 aliphatic carbocycles. The molecule has 0 aromatic heterocycles. The fourth-order valence-electron chi connectivity index (χ4n) is 1.88. The van der Waals surface area contributed by atoms with Crippen LogP contribution in [-0.4, -0.2) is 25.2 Å². The number of carbonyl (C=O) groups excluding carboxylic acids is 2. The molecular weight excluding hydrogens is 224 g/mol. The Hall–Kier alpha value is -2.24. The molecule has 17 heavy (non-hydrogen) atoms. The number of ether oxygens (including phenoxy) is 2. The average Bonchev–Trinajstić information content (AvgIpc) is 2.75. The van der Waals surface area contributed by atoms with Crippen molar-refractivity contribution in [1.29, 1.82) is 0 Å². The molecule has 1 aromatic carbocycles. The fraction of sp³-hybridized carbons (Fsp3) is 0.273. The summed E-state index contributed by atoms with van der Waals surface area (Å²) in [6, 6.07) is 5.34. The zero-order valence-electron chi connectivity index (χ0n) is 8.86. The summed E-state index contributed by atoms with van der Waals surface area (Å²) in [5.41, 5.74) is 1.44. The number of carbonyl (C=O) groups is 2. The second-order valence-corrected chi connectivity index (χ2v) is 3.87. The highest BCUT2D eigenvalue weighted by molar-refractivity contribution is 5.95. The van der Waals surface area contributed by atoms with Gasteiger partial charge in [0.2, 0.25) is 0 Å². The molecule has 1 unspecified atom stereocenters. The van der Waals surface area contributed by atoms with Crippen LogP contribution in [0.2, 0.25) is 0 Å². The highest BCUT2D eigenvalue weighted by Crippen LogP contribution is 2.32. The Bertz CT molecular complexity index is 500. The summed E-state index contributed by atoms with van der Waals surface area (Å²) in [5, 5.41) is 5.29. The van der Waals surface area contributed by atoms with Crippen molar-refractivity contribution < 1.29 is 19.1 Å². The van der Waals surface area contributed by atoms with Crippen molar-refractivity contribution >= 4 is 17.7 Å². The third kappa shape index (κ3) is 1.77. The Morgan fingerprint density at radius 3 is 2.94 bits per heavy atom. The second-order valence-electron chi connectivity index (χ2n) is 3.87. The Morgan fingerprint density at radius 1 is 1.29 bits per heavy atom. The molecule has 0 radical (unpaired) electrons. The van der Waals surface area contributed by atoms with E-state index in [0.29, 0.717) is 18.0 Å². The number of alkyl carbamates (subject to hydrolysis) is 1. The maximum Gasteiger partial charge on any atom is 0.407 e. The van der Waals surface area contributed by atoms with Crippen LogP contribution >= 0.6 is 0 Å². The van der Waals surface area contributed by atoms with Crippen LogP contribution in [0.3, 0.4) is 0 Å². The van der Waals surface area contributed by atoms with Crippen LogP contribution in [0.1, 0.15) is 11.7 Å². The summed E-state index contributed by atoms with van der Waals surface area (Å²) >= 11 is 0. The molecule has 1 aromatic rings. The first kappa shape index (κ1) is 9.95. The van der Waals surface area contributed by atoms with E-state index in [4.69, 9.17) is 9.47 Å². The zero-order chi connectivity index (χ0) is 11.8. The number of benzene rings is 1. The smallest absolute Gasteiger partial charge is 0.407 e. The molecule has 1 saturated heterocycles. The number of anilines is 1. The van der Waals surface area contributed by atoms with Crippen LogP contribution in [0.4, 0.5) is 10.5 Å². The third-order valence-electron chi connectivity index (χ3n) is 2.69. The van der Waals surface area contributed by atoms with Crippen LogP contribution in [0.15, 0.2) is 18.2 Å². The van der Waals surface area contributed by atoms with Gasteiger partial charge < -0.3 is 20.1 Å². The second kappa shape index (κ2) is 3.65. The lowest BCUT2D eigenvalue weighted by Crippen LogP contribution is -2.25. The quantitative estimate of drug-likeness (QED) is 0.753. The Balaban J connectivity index is 1.90. The maximum atomic E-state index is 11.2. The normalized spacial score (nSPS) is 22.0. The molecule has 0 saturated carbocycles. The minimum atomic E-state index is -0.423. The number of cyclic esters (lactones) is 1. The Morgan fingerprint density at radius 2 is 2.18 bits per heavy atom. The van der Waals surface area contributed by atoms with Gasteiger partial charge >= 0.3 is 6.09 Å². The molecule has 88 valence electrons. The Kier molecular flexibility index (Phi) is 2.14. The van der Waals surface area contributed by atoms with Gasteiger partial charge in [0.1, 0.15) is 11.9 Å². The van der Waals surface area contributed by atoms with E-state index in [-0.39, 0.29) is 18.6 Å². The standard InChI is InChI=1S/C11H10N2O4/c14-10-5-16-8-2-1-6(3-7(8)13-10)9-4-12-11(15)17-9/h1-3,9H,4-5H2,(H,12,15)(H,13,14). The first-order valence-corrected chi connectivity index (χ1v) is 5.23. The predicted octanol–water partition coefficient (Wildman–Crippen LogP) is 0.798. The number of amides is 2. The van der Waals surface area contributed by atoms with Gasteiger partial charge in [-0.15, -0.1) is 0 Å². The summed E-state index contributed by atoms with van der Waals surface area (Å²) in [6.45, 7) is 0.471. The van der Waals surface area contributed by atoms with Gasteiger partial charge in [0.15, 0.2) is 6.61 Å². The SMILES string of the molecule is O=C1COc2ccc(C3CNC(=O)O3)cc2N1. The molecule has 6 heteroatoms. The van der Waals surface area contributed by atoms with Gasteiger partial charge in [0.25, 0.3) is 5.91 Å². The predicted molar refractivity (Wildman–Crippen MR) is 57.8 cm³/mol. The van der Waals surface area contributed by atoms with Gasteiger partial charge in [0, 0.05) is 0 Å². The van der Waals surface area contributed by atoms with Crippen molar-refractivity contribution in [2.45, 2.75) is 6.10 Å². The minimum absolute atomic E-state index is 0.0340. The van der Waals surface area contributed by atoms with Crippen molar-refractivity contribution in [2.75, 3.05) is 18.5 Å². The maximum absolute atomic E-state index is 11.2. The lowest BCUT2D eigenvalue weighted by atomic mass is 10.1. The van der Waals surface area contributed by atoms with E-state index < -0.39 is 6.09 Å². The van der Waals surface area contributed by atoms with Gasteiger partial charge in [-0.3, -0.25) is 4.79 Å². The molecule has 1 fully saturated rings. The number of rotatable bonds is 1. The lowest BCUT2D eigenvalue weighted by Gasteiger charge is -2.19. The van der Waals surface area contributed by atoms with Crippen LogP contribution in [0, 0.1) is 0 Å². The van der Waals surface area contributed by atoms with E-state index in [9.17, 15) is 9.59 Å². The number of hydrogen-bond acceptors (Lipinski definition) is 4.